The largest absolute Gasteiger partial charge is 0.466 e. The van der Waals surface area contributed by atoms with Gasteiger partial charge in [-0.15, -0.1) is 0 Å². The van der Waals surface area contributed by atoms with Gasteiger partial charge in [0.05, 0.1) is 7.11 Å². The molecular formula is C15H14O2. The molecule has 17 heavy (non-hydrogen) atoms. The molecular weight excluding hydrogens is 212 g/mol. The van der Waals surface area contributed by atoms with Crippen molar-refractivity contribution in [2.75, 3.05) is 7.11 Å². The van der Waals surface area contributed by atoms with Gasteiger partial charge in [0.2, 0.25) is 0 Å². The van der Waals surface area contributed by atoms with Crippen LogP contribution >= 0.6 is 0 Å². The van der Waals surface area contributed by atoms with Crippen molar-refractivity contribution in [3.8, 4) is 0 Å². The number of fused-ring (bicyclic) bond motifs is 1. The van der Waals surface area contributed by atoms with Crippen LogP contribution in [0.3, 0.4) is 0 Å². The average molecular weight is 226 g/mol. The molecule has 0 bridgehead atoms. The van der Waals surface area contributed by atoms with Crippen LogP contribution < -0.4 is 0 Å². The predicted octanol–water partition coefficient (Wildman–Crippen LogP) is 3.42. The van der Waals surface area contributed by atoms with Crippen molar-refractivity contribution in [2.45, 2.75) is 6.92 Å². The number of ether oxygens (including phenoxy) is 1. The fraction of sp³-hybridized carbons (Fsp3) is 0.133. The maximum absolute atomic E-state index is 11.2. The molecule has 86 valence electrons. The summed E-state index contributed by atoms with van der Waals surface area (Å²) in [5.41, 5.74) is 1.97. The third-order valence-electron chi connectivity index (χ3n) is 2.75. The number of hydrogen-bond acceptors (Lipinski definition) is 2. The molecule has 2 aromatic carbocycles. The van der Waals surface area contributed by atoms with Crippen molar-refractivity contribution < 1.29 is 9.53 Å². The molecule has 0 aliphatic rings. The second kappa shape index (κ2) is 4.83. The van der Waals surface area contributed by atoms with E-state index in [9.17, 15) is 4.79 Å². The maximum atomic E-state index is 11.2. The molecule has 2 nitrogen and oxygen atoms in total. The first-order valence-corrected chi connectivity index (χ1v) is 5.47. The summed E-state index contributed by atoms with van der Waals surface area (Å²) >= 11 is 0. The zero-order valence-corrected chi connectivity index (χ0v) is 9.94. The van der Waals surface area contributed by atoms with Crippen molar-refractivity contribution in [1.29, 1.82) is 0 Å². The summed E-state index contributed by atoms with van der Waals surface area (Å²) < 4.78 is 4.64. The smallest absolute Gasteiger partial charge is 0.330 e. The van der Waals surface area contributed by atoms with Crippen molar-refractivity contribution in [1.82, 2.24) is 0 Å². The topological polar surface area (TPSA) is 26.3 Å². The van der Waals surface area contributed by atoms with E-state index in [1.807, 2.05) is 31.2 Å². The van der Waals surface area contributed by atoms with Crippen LogP contribution in [0.25, 0.3) is 16.3 Å². The number of allylic oxidation sites excluding steroid dienone is 1. The molecule has 0 saturated carbocycles. The minimum absolute atomic E-state index is 0.324. The Hall–Kier alpha value is -2.09. The van der Waals surface area contributed by atoms with Crippen LogP contribution in [0, 0.1) is 0 Å². The van der Waals surface area contributed by atoms with E-state index < -0.39 is 0 Å². The maximum Gasteiger partial charge on any atom is 0.330 e. The molecule has 2 rings (SSSR count). The van der Waals surface area contributed by atoms with Gasteiger partial charge in [-0.2, -0.15) is 0 Å². The number of esters is 1. The Labute approximate surface area is 101 Å². The molecule has 0 aliphatic carbocycles. The minimum atomic E-state index is -0.324. The monoisotopic (exact) mass is 226 g/mol. The summed E-state index contributed by atoms with van der Waals surface area (Å²) in [4.78, 5) is 11.2. The summed E-state index contributed by atoms with van der Waals surface area (Å²) in [6.45, 7) is 1.92. The van der Waals surface area contributed by atoms with E-state index in [2.05, 4.69) is 22.9 Å². The van der Waals surface area contributed by atoms with E-state index in [4.69, 9.17) is 0 Å². The first-order valence-electron chi connectivity index (χ1n) is 5.47. The van der Waals surface area contributed by atoms with Gasteiger partial charge < -0.3 is 4.74 Å². The number of benzene rings is 2. The predicted molar refractivity (Wildman–Crippen MR) is 69.6 cm³/mol. The SMILES string of the molecule is COC(=O)/C=C(\C)c1cccc2ccccc12. The number of methoxy groups -OCH3 is 1. The number of carbonyl (C=O) groups is 1. The van der Waals surface area contributed by atoms with Crippen molar-refractivity contribution >= 4 is 22.3 Å². The van der Waals surface area contributed by atoms with Gasteiger partial charge in [0.25, 0.3) is 0 Å². The van der Waals surface area contributed by atoms with Crippen LogP contribution in [0.5, 0.6) is 0 Å². The molecule has 0 atom stereocenters. The highest BCUT2D eigenvalue weighted by Crippen LogP contribution is 2.24. The van der Waals surface area contributed by atoms with E-state index in [1.54, 1.807) is 0 Å². The quantitative estimate of drug-likeness (QED) is 0.579. The normalized spacial score (nSPS) is 11.5. The Bertz CT molecular complexity index is 577. The van der Waals surface area contributed by atoms with Gasteiger partial charge >= 0.3 is 5.97 Å². The summed E-state index contributed by atoms with van der Waals surface area (Å²) in [6.07, 6.45) is 1.52. The van der Waals surface area contributed by atoms with Gasteiger partial charge in [-0.1, -0.05) is 42.5 Å². The Morgan fingerprint density at radius 3 is 2.59 bits per heavy atom. The standard InChI is InChI=1S/C15H14O2/c1-11(10-15(16)17-2)13-9-5-7-12-6-3-4-8-14(12)13/h3-10H,1-2H3/b11-10+. The van der Waals surface area contributed by atoms with Gasteiger partial charge in [-0.3, -0.25) is 0 Å². The first-order chi connectivity index (χ1) is 8.22. The molecule has 0 heterocycles. The van der Waals surface area contributed by atoms with E-state index in [1.165, 1.54) is 18.6 Å². The molecule has 0 amide bonds. The molecule has 0 spiro atoms. The summed E-state index contributed by atoms with van der Waals surface area (Å²) in [5, 5.41) is 2.32. The van der Waals surface area contributed by atoms with Gasteiger partial charge in [0.15, 0.2) is 0 Å². The van der Waals surface area contributed by atoms with Gasteiger partial charge in [-0.05, 0) is 28.8 Å². The molecule has 0 saturated heterocycles. The Morgan fingerprint density at radius 1 is 1.12 bits per heavy atom. The Morgan fingerprint density at radius 2 is 1.82 bits per heavy atom. The minimum Gasteiger partial charge on any atom is -0.466 e. The number of carbonyl (C=O) groups excluding carboxylic acids is 1. The summed E-state index contributed by atoms with van der Waals surface area (Å²) in [5.74, 6) is -0.324. The summed E-state index contributed by atoms with van der Waals surface area (Å²) in [7, 11) is 1.38. The highest BCUT2D eigenvalue weighted by atomic mass is 16.5. The van der Waals surface area contributed by atoms with Crippen LogP contribution in [0.1, 0.15) is 12.5 Å². The van der Waals surface area contributed by atoms with Crippen LogP contribution in [0.15, 0.2) is 48.5 Å². The average Bonchev–Trinajstić information content (AvgIpc) is 2.37. The van der Waals surface area contributed by atoms with E-state index in [0.29, 0.717) is 0 Å². The van der Waals surface area contributed by atoms with Crippen LogP contribution in [0.2, 0.25) is 0 Å². The van der Waals surface area contributed by atoms with Crippen molar-refractivity contribution in [3.63, 3.8) is 0 Å². The summed E-state index contributed by atoms with van der Waals surface area (Å²) in [6, 6.07) is 14.2. The fourth-order valence-electron chi connectivity index (χ4n) is 1.88. The van der Waals surface area contributed by atoms with Crippen LogP contribution in [0.4, 0.5) is 0 Å². The third-order valence-corrected chi connectivity index (χ3v) is 2.75. The van der Waals surface area contributed by atoms with E-state index >= 15 is 0 Å². The van der Waals surface area contributed by atoms with E-state index in [-0.39, 0.29) is 5.97 Å². The second-order valence-corrected chi connectivity index (χ2v) is 3.88. The number of hydrogen-bond donors (Lipinski definition) is 0. The fourth-order valence-corrected chi connectivity index (χ4v) is 1.88. The highest BCUT2D eigenvalue weighted by Gasteiger charge is 2.04. The second-order valence-electron chi connectivity index (χ2n) is 3.88. The molecule has 0 aromatic heterocycles. The van der Waals surface area contributed by atoms with Gasteiger partial charge in [0.1, 0.15) is 0 Å². The molecule has 0 fully saturated rings. The molecule has 0 aliphatic heterocycles. The lowest BCUT2D eigenvalue weighted by Crippen LogP contribution is -1.96. The lowest BCUT2D eigenvalue weighted by Gasteiger charge is -2.06. The van der Waals surface area contributed by atoms with Gasteiger partial charge in [0, 0.05) is 6.08 Å². The lowest BCUT2D eigenvalue weighted by molar-refractivity contribution is -0.134. The highest BCUT2D eigenvalue weighted by molar-refractivity contribution is 5.98. The van der Waals surface area contributed by atoms with E-state index in [0.717, 1.165) is 16.5 Å². The first kappa shape index (κ1) is 11.4. The van der Waals surface area contributed by atoms with Gasteiger partial charge in [-0.25, -0.2) is 4.79 Å². The molecule has 0 radical (unpaired) electrons. The zero-order valence-electron chi connectivity index (χ0n) is 9.94. The Balaban J connectivity index is 2.56. The number of rotatable bonds is 2. The third kappa shape index (κ3) is 2.36. The molecule has 2 aromatic rings. The van der Waals surface area contributed by atoms with Crippen molar-refractivity contribution in [2.24, 2.45) is 0 Å². The Kier molecular flexibility index (Phi) is 3.24. The molecule has 0 N–H and O–H groups in total. The lowest BCUT2D eigenvalue weighted by atomic mass is 9.99. The van der Waals surface area contributed by atoms with Crippen LogP contribution in [-0.4, -0.2) is 13.1 Å². The van der Waals surface area contributed by atoms with Crippen LogP contribution in [-0.2, 0) is 9.53 Å². The van der Waals surface area contributed by atoms with Crippen molar-refractivity contribution in [3.05, 3.63) is 54.1 Å². The molecule has 0 unspecified atom stereocenters. The molecule has 2 heteroatoms. The zero-order chi connectivity index (χ0) is 12.3.